The van der Waals surface area contributed by atoms with Gasteiger partial charge in [0, 0.05) is 23.4 Å². The molecule has 4 aromatic rings. The molecule has 4 nitrogen and oxygen atoms in total. The van der Waals surface area contributed by atoms with Gasteiger partial charge in [-0.1, -0.05) is 12.1 Å². The van der Waals surface area contributed by atoms with E-state index in [0.717, 1.165) is 16.6 Å². The van der Waals surface area contributed by atoms with Crippen LogP contribution in [0.25, 0.3) is 28.0 Å². The maximum absolute atomic E-state index is 13.1. The Bertz CT molecular complexity index is 1190. The first-order chi connectivity index (χ1) is 12.8. The van der Waals surface area contributed by atoms with Crippen LogP contribution in [0.5, 0.6) is 0 Å². The Balaban J connectivity index is 1.90. The highest BCUT2D eigenvalue weighted by Crippen LogP contribution is 2.33. The summed E-state index contributed by atoms with van der Waals surface area (Å²) in [5, 5.41) is 2.70. The quantitative estimate of drug-likeness (QED) is 0.526. The Labute approximate surface area is 149 Å². The average molecular weight is 373 g/mol. The van der Waals surface area contributed by atoms with E-state index < -0.39 is 23.1 Å². The number of aromatic nitrogens is 3. The molecule has 1 N–H and O–H groups in total. The van der Waals surface area contributed by atoms with Crippen LogP contribution >= 0.6 is 0 Å². The molecule has 2 aromatic heterocycles. The van der Waals surface area contributed by atoms with Crippen LogP contribution in [0.2, 0.25) is 0 Å². The van der Waals surface area contributed by atoms with Crippen molar-refractivity contribution in [1.29, 1.82) is 0 Å². The van der Waals surface area contributed by atoms with Crippen LogP contribution in [0.1, 0.15) is 5.56 Å². The number of hydrogen-bond donors (Lipinski definition) is 1. The normalized spacial score (nSPS) is 11.9. The molecule has 0 aliphatic rings. The molecular weight excluding hydrogens is 362 g/mol. The maximum atomic E-state index is 13.1. The summed E-state index contributed by atoms with van der Waals surface area (Å²) in [6.45, 7) is 0. The number of benzene rings is 2. The molecular formula is C19H11F4N3O. The van der Waals surface area contributed by atoms with Crippen molar-refractivity contribution in [2.24, 2.45) is 0 Å². The third kappa shape index (κ3) is 3.10. The third-order valence-electron chi connectivity index (χ3n) is 4.14. The Hall–Kier alpha value is -3.42. The van der Waals surface area contributed by atoms with Gasteiger partial charge in [0.1, 0.15) is 5.82 Å². The fourth-order valence-corrected chi connectivity index (χ4v) is 2.83. The van der Waals surface area contributed by atoms with E-state index in [9.17, 15) is 22.4 Å². The second-order valence-electron chi connectivity index (χ2n) is 5.91. The number of hydrogen-bond acceptors (Lipinski definition) is 2. The minimum Gasteiger partial charge on any atom is -0.296 e. The summed E-state index contributed by atoms with van der Waals surface area (Å²) in [4.78, 5) is 16.7. The summed E-state index contributed by atoms with van der Waals surface area (Å²) < 4.78 is 53.3. The molecule has 0 amide bonds. The van der Waals surface area contributed by atoms with Crippen LogP contribution in [0.3, 0.4) is 0 Å². The van der Waals surface area contributed by atoms with Crippen molar-refractivity contribution in [1.82, 2.24) is 14.6 Å². The molecule has 0 saturated heterocycles. The highest BCUT2D eigenvalue weighted by atomic mass is 19.4. The summed E-state index contributed by atoms with van der Waals surface area (Å²) in [5.41, 5.74) is 0.393. The molecule has 0 saturated carbocycles. The van der Waals surface area contributed by atoms with Gasteiger partial charge in [-0.15, -0.1) is 0 Å². The van der Waals surface area contributed by atoms with Gasteiger partial charge in [-0.3, -0.25) is 9.89 Å². The van der Waals surface area contributed by atoms with E-state index >= 15 is 0 Å². The first kappa shape index (κ1) is 17.0. The van der Waals surface area contributed by atoms with Crippen LogP contribution in [-0.4, -0.2) is 14.6 Å². The van der Waals surface area contributed by atoms with Gasteiger partial charge >= 0.3 is 6.18 Å². The molecule has 8 heteroatoms. The fraction of sp³-hybridized carbons (Fsp3) is 0.0526. The molecule has 0 spiro atoms. The Morgan fingerprint density at radius 2 is 1.70 bits per heavy atom. The van der Waals surface area contributed by atoms with E-state index in [1.807, 2.05) is 0 Å². The average Bonchev–Trinajstić information content (AvgIpc) is 3.06. The van der Waals surface area contributed by atoms with Crippen LogP contribution < -0.4 is 5.56 Å². The molecule has 0 fully saturated rings. The summed E-state index contributed by atoms with van der Waals surface area (Å²) in [6, 6.07) is 11.5. The second-order valence-corrected chi connectivity index (χ2v) is 5.91. The lowest BCUT2D eigenvalue weighted by Gasteiger charge is -2.08. The van der Waals surface area contributed by atoms with Gasteiger partial charge in [-0.2, -0.15) is 13.2 Å². The SMILES string of the molecule is O=c1cc(-c2ccc(F)cc2)nc2c(-c3cccc(C(F)(F)F)c3)c[nH]n12. The topological polar surface area (TPSA) is 50.2 Å². The highest BCUT2D eigenvalue weighted by molar-refractivity contribution is 5.78. The van der Waals surface area contributed by atoms with Gasteiger partial charge in [0.15, 0.2) is 5.65 Å². The van der Waals surface area contributed by atoms with Crippen LogP contribution in [0.4, 0.5) is 17.6 Å². The Morgan fingerprint density at radius 3 is 2.41 bits per heavy atom. The lowest BCUT2D eigenvalue weighted by Crippen LogP contribution is -2.14. The zero-order valence-corrected chi connectivity index (χ0v) is 13.6. The zero-order chi connectivity index (χ0) is 19.2. The first-order valence-electron chi connectivity index (χ1n) is 7.88. The Morgan fingerprint density at radius 1 is 0.963 bits per heavy atom. The number of nitrogens with zero attached hydrogens (tertiary/aromatic N) is 2. The molecule has 0 radical (unpaired) electrons. The van der Waals surface area contributed by atoms with Crippen molar-refractivity contribution in [3.05, 3.63) is 82.5 Å². The van der Waals surface area contributed by atoms with Gasteiger partial charge in [0.25, 0.3) is 5.56 Å². The molecule has 2 aromatic carbocycles. The minimum atomic E-state index is -4.48. The first-order valence-corrected chi connectivity index (χ1v) is 7.88. The van der Waals surface area contributed by atoms with E-state index in [-0.39, 0.29) is 11.2 Å². The van der Waals surface area contributed by atoms with Gasteiger partial charge in [0.05, 0.1) is 11.3 Å². The number of halogens is 4. The number of rotatable bonds is 2. The predicted molar refractivity (Wildman–Crippen MR) is 91.6 cm³/mol. The highest BCUT2D eigenvalue weighted by Gasteiger charge is 2.30. The number of nitrogens with one attached hydrogen (secondary N) is 1. The van der Waals surface area contributed by atoms with Gasteiger partial charge in [-0.25, -0.2) is 13.9 Å². The zero-order valence-electron chi connectivity index (χ0n) is 13.6. The summed E-state index contributed by atoms with van der Waals surface area (Å²) in [5.74, 6) is -0.428. The van der Waals surface area contributed by atoms with Gasteiger partial charge in [0.2, 0.25) is 0 Å². The molecule has 4 rings (SSSR count). The van der Waals surface area contributed by atoms with Crippen LogP contribution in [0.15, 0.2) is 65.6 Å². The lowest BCUT2D eigenvalue weighted by atomic mass is 10.1. The molecule has 0 aliphatic carbocycles. The van der Waals surface area contributed by atoms with Gasteiger partial charge in [-0.05, 0) is 42.0 Å². The number of alkyl halides is 3. The van der Waals surface area contributed by atoms with Crippen molar-refractivity contribution in [2.45, 2.75) is 6.18 Å². The predicted octanol–water partition coefficient (Wildman–Crippen LogP) is 4.51. The summed E-state index contributed by atoms with van der Waals surface area (Å²) in [6.07, 6.45) is -3.06. The summed E-state index contributed by atoms with van der Waals surface area (Å²) >= 11 is 0. The number of fused-ring (bicyclic) bond motifs is 1. The summed E-state index contributed by atoms with van der Waals surface area (Å²) in [7, 11) is 0. The second kappa shape index (κ2) is 6.08. The van der Waals surface area contributed by atoms with Gasteiger partial charge < -0.3 is 0 Å². The molecule has 0 unspecified atom stereocenters. The minimum absolute atomic E-state index is 0.182. The largest absolute Gasteiger partial charge is 0.416 e. The molecule has 136 valence electrons. The van der Waals surface area contributed by atoms with Crippen molar-refractivity contribution < 1.29 is 17.6 Å². The van der Waals surface area contributed by atoms with E-state index in [1.165, 1.54) is 48.7 Å². The van der Waals surface area contributed by atoms with Crippen LogP contribution in [-0.2, 0) is 6.18 Å². The molecule has 27 heavy (non-hydrogen) atoms. The molecule has 0 aliphatic heterocycles. The smallest absolute Gasteiger partial charge is 0.296 e. The van der Waals surface area contributed by atoms with Crippen LogP contribution in [0, 0.1) is 5.82 Å². The van der Waals surface area contributed by atoms with E-state index in [4.69, 9.17) is 0 Å². The van der Waals surface area contributed by atoms with Crippen molar-refractivity contribution >= 4 is 5.65 Å². The fourth-order valence-electron chi connectivity index (χ4n) is 2.83. The monoisotopic (exact) mass is 373 g/mol. The molecule has 0 atom stereocenters. The van der Waals surface area contributed by atoms with E-state index in [2.05, 4.69) is 10.1 Å². The van der Waals surface area contributed by atoms with Crippen molar-refractivity contribution in [2.75, 3.05) is 0 Å². The Kier molecular flexibility index (Phi) is 3.83. The number of aromatic amines is 1. The standard InChI is InChI=1S/C19H11F4N3O/c20-14-6-4-11(5-7-14)16-9-17(27)26-18(25-16)15(10-24-26)12-2-1-3-13(8-12)19(21,22)23/h1-10,24H. The van der Waals surface area contributed by atoms with E-state index in [1.54, 1.807) is 0 Å². The molecule has 2 heterocycles. The lowest BCUT2D eigenvalue weighted by molar-refractivity contribution is -0.137. The van der Waals surface area contributed by atoms with Crippen molar-refractivity contribution in [3.63, 3.8) is 0 Å². The third-order valence-corrected chi connectivity index (χ3v) is 4.14. The van der Waals surface area contributed by atoms with Crippen molar-refractivity contribution in [3.8, 4) is 22.4 Å². The van der Waals surface area contributed by atoms with E-state index in [0.29, 0.717) is 16.8 Å². The number of H-pyrrole nitrogens is 1. The molecule has 0 bridgehead atoms. The maximum Gasteiger partial charge on any atom is 0.416 e.